The first-order valence-electron chi connectivity index (χ1n) is 5.61. The van der Waals surface area contributed by atoms with Crippen molar-refractivity contribution in [1.29, 1.82) is 0 Å². The SMILES string of the molecule is CB1OC(C(C)C)CC(C(C)(C)C)O1. The zero-order valence-electron chi connectivity index (χ0n) is 10.3. The maximum Gasteiger partial charge on any atom is 0.453 e. The normalized spacial score (nSPS) is 29.8. The number of hydrogen-bond donors (Lipinski definition) is 0. The van der Waals surface area contributed by atoms with Crippen molar-refractivity contribution in [2.24, 2.45) is 11.3 Å². The van der Waals surface area contributed by atoms with Crippen LogP contribution in [0.2, 0.25) is 6.82 Å². The second-order valence-electron chi connectivity index (χ2n) is 5.71. The Morgan fingerprint density at radius 2 is 1.79 bits per heavy atom. The average Bonchev–Trinajstić information content (AvgIpc) is 2.01. The van der Waals surface area contributed by atoms with E-state index in [0.717, 1.165) is 6.42 Å². The van der Waals surface area contributed by atoms with Crippen LogP contribution in [0.15, 0.2) is 0 Å². The minimum atomic E-state index is -0.0552. The first-order chi connectivity index (χ1) is 6.30. The lowest BCUT2D eigenvalue weighted by molar-refractivity contribution is -0.0458. The zero-order chi connectivity index (χ0) is 10.9. The average molecular weight is 198 g/mol. The number of rotatable bonds is 1. The predicted octanol–water partition coefficient (Wildman–Crippen LogP) is 2.98. The van der Waals surface area contributed by atoms with Crippen LogP contribution < -0.4 is 0 Å². The van der Waals surface area contributed by atoms with Gasteiger partial charge >= 0.3 is 7.12 Å². The molecule has 1 rings (SSSR count). The second kappa shape index (κ2) is 4.24. The highest BCUT2D eigenvalue weighted by Crippen LogP contribution is 2.32. The van der Waals surface area contributed by atoms with Gasteiger partial charge in [0.1, 0.15) is 0 Å². The molecule has 3 heteroatoms. The molecular formula is C11H23BO2. The molecule has 0 aromatic heterocycles. The van der Waals surface area contributed by atoms with E-state index in [4.69, 9.17) is 9.31 Å². The Hall–Kier alpha value is -0.0151. The Labute approximate surface area is 88.5 Å². The lowest BCUT2D eigenvalue weighted by Gasteiger charge is -2.41. The molecule has 2 atom stereocenters. The fraction of sp³-hybridized carbons (Fsp3) is 1.00. The maximum absolute atomic E-state index is 5.81. The van der Waals surface area contributed by atoms with Crippen LogP contribution in [-0.2, 0) is 9.31 Å². The van der Waals surface area contributed by atoms with E-state index in [2.05, 4.69) is 34.6 Å². The van der Waals surface area contributed by atoms with E-state index in [1.165, 1.54) is 0 Å². The Morgan fingerprint density at radius 1 is 1.21 bits per heavy atom. The Balaban J connectivity index is 2.63. The van der Waals surface area contributed by atoms with Crippen LogP contribution in [0.5, 0.6) is 0 Å². The van der Waals surface area contributed by atoms with Crippen LogP contribution >= 0.6 is 0 Å². The third-order valence-corrected chi connectivity index (χ3v) is 2.88. The van der Waals surface area contributed by atoms with E-state index < -0.39 is 0 Å². The molecule has 1 aliphatic rings. The molecular weight excluding hydrogens is 175 g/mol. The van der Waals surface area contributed by atoms with Gasteiger partial charge in [-0.25, -0.2) is 0 Å². The second-order valence-corrected chi connectivity index (χ2v) is 5.71. The lowest BCUT2D eigenvalue weighted by Crippen LogP contribution is -2.46. The molecule has 0 radical (unpaired) electrons. The van der Waals surface area contributed by atoms with Crippen LogP contribution in [0.1, 0.15) is 41.0 Å². The van der Waals surface area contributed by atoms with E-state index in [-0.39, 0.29) is 12.5 Å². The molecule has 14 heavy (non-hydrogen) atoms. The van der Waals surface area contributed by atoms with E-state index >= 15 is 0 Å². The quantitative estimate of drug-likeness (QED) is 0.603. The smallest absolute Gasteiger partial charge is 0.408 e. The van der Waals surface area contributed by atoms with Crippen molar-refractivity contribution < 1.29 is 9.31 Å². The molecule has 1 aliphatic heterocycles. The fourth-order valence-electron chi connectivity index (χ4n) is 1.82. The molecule has 0 aromatic carbocycles. The molecule has 0 aliphatic carbocycles. The zero-order valence-corrected chi connectivity index (χ0v) is 10.3. The molecule has 0 bridgehead atoms. The standard InChI is InChI=1S/C11H23BO2/c1-8(2)9-7-10(11(3,4)5)14-12(6)13-9/h8-10H,7H2,1-6H3. The van der Waals surface area contributed by atoms with Gasteiger partial charge in [-0.15, -0.1) is 0 Å². The van der Waals surface area contributed by atoms with E-state index in [0.29, 0.717) is 18.1 Å². The minimum Gasteiger partial charge on any atom is -0.408 e. The van der Waals surface area contributed by atoms with Gasteiger partial charge in [-0.05, 0) is 24.6 Å². The highest BCUT2D eigenvalue weighted by atomic mass is 16.6. The van der Waals surface area contributed by atoms with Crippen molar-refractivity contribution in [2.75, 3.05) is 0 Å². The number of hydrogen-bond acceptors (Lipinski definition) is 2. The van der Waals surface area contributed by atoms with Crippen molar-refractivity contribution in [3.8, 4) is 0 Å². The van der Waals surface area contributed by atoms with E-state index in [1.807, 2.05) is 6.82 Å². The largest absolute Gasteiger partial charge is 0.453 e. The summed E-state index contributed by atoms with van der Waals surface area (Å²) in [6.45, 7) is 13.1. The summed E-state index contributed by atoms with van der Waals surface area (Å²) in [5.74, 6) is 0.575. The summed E-state index contributed by atoms with van der Waals surface area (Å²) >= 11 is 0. The highest BCUT2D eigenvalue weighted by Gasteiger charge is 2.37. The fourth-order valence-corrected chi connectivity index (χ4v) is 1.82. The molecule has 0 aromatic rings. The molecule has 1 fully saturated rings. The Bertz CT molecular complexity index is 186. The van der Waals surface area contributed by atoms with Gasteiger partial charge in [-0.1, -0.05) is 34.6 Å². The summed E-state index contributed by atoms with van der Waals surface area (Å²) in [5.41, 5.74) is 0.213. The molecule has 1 saturated heterocycles. The summed E-state index contributed by atoms with van der Waals surface area (Å²) in [6.07, 6.45) is 1.69. The van der Waals surface area contributed by atoms with Crippen molar-refractivity contribution in [2.45, 2.75) is 60.1 Å². The first kappa shape index (κ1) is 12.1. The topological polar surface area (TPSA) is 18.5 Å². The van der Waals surface area contributed by atoms with Crippen molar-refractivity contribution in [3.05, 3.63) is 0 Å². The minimum absolute atomic E-state index is 0.0552. The van der Waals surface area contributed by atoms with Gasteiger partial charge in [0.2, 0.25) is 0 Å². The molecule has 0 spiro atoms. The van der Waals surface area contributed by atoms with E-state index in [1.54, 1.807) is 0 Å². The molecule has 0 N–H and O–H groups in total. The highest BCUT2D eigenvalue weighted by molar-refractivity contribution is 6.42. The van der Waals surface area contributed by atoms with Crippen LogP contribution in [0, 0.1) is 11.3 Å². The third-order valence-electron chi connectivity index (χ3n) is 2.88. The maximum atomic E-state index is 5.81. The van der Waals surface area contributed by atoms with Gasteiger partial charge in [-0.2, -0.15) is 0 Å². The molecule has 0 saturated carbocycles. The molecule has 82 valence electrons. The van der Waals surface area contributed by atoms with Crippen LogP contribution in [0.4, 0.5) is 0 Å². The predicted molar refractivity (Wildman–Crippen MR) is 60.3 cm³/mol. The summed E-state index contributed by atoms with van der Waals surface area (Å²) < 4.78 is 11.6. The summed E-state index contributed by atoms with van der Waals surface area (Å²) in [5, 5.41) is 0. The van der Waals surface area contributed by atoms with Gasteiger partial charge < -0.3 is 9.31 Å². The van der Waals surface area contributed by atoms with Gasteiger partial charge in [-0.3, -0.25) is 0 Å². The van der Waals surface area contributed by atoms with Crippen LogP contribution in [0.25, 0.3) is 0 Å². The van der Waals surface area contributed by atoms with Crippen LogP contribution in [-0.4, -0.2) is 19.3 Å². The lowest BCUT2D eigenvalue weighted by atomic mass is 9.78. The Kier molecular flexibility index (Phi) is 3.65. The van der Waals surface area contributed by atoms with Gasteiger partial charge in [0.05, 0.1) is 0 Å². The third kappa shape index (κ3) is 2.99. The van der Waals surface area contributed by atoms with Crippen molar-refractivity contribution in [3.63, 3.8) is 0 Å². The molecule has 0 amide bonds. The molecule has 1 heterocycles. The molecule has 2 unspecified atom stereocenters. The van der Waals surface area contributed by atoms with Crippen molar-refractivity contribution >= 4 is 7.12 Å². The van der Waals surface area contributed by atoms with E-state index in [9.17, 15) is 0 Å². The van der Waals surface area contributed by atoms with Gasteiger partial charge in [0.25, 0.3) is 0 Å². The monoisotopic (exact) mass is 198 g/mol. The first-order valence-corrected chi connectivity index (χ1v) is 5.61. The summed E-state index contributed by atoms with van der Waals surface area (Å²) in [6, 6.07) is 0. The molecule has 2 nitrogen and oxygen atoms in total. The van der Waals surface area contributed by atoms with Crippen LogP contribution in [0.3, 0.4) is 0 Å². The van der Waals surface area contributed by atoms with Gasteiger partial charge in [0, 0.05) is 12.2 Å². The Morgan fingerprint density at radius 3 is 2.21 bits per heavy atom. The van der Waals surface area contributed by atoms with Gasteiger partial charge in [0.15, 0.2) is 0 Å². The van der Waals surface area contributed by atoms with Crippen molar-refractivity contribution in [1.82, 2.24) is 0 Å². The summed E-state index contributed by atoms with van der Waals surface area (Å²) in [7, 11) is -0.0552. The summed E-state index contributed by atoms with van der Waals surface area (Å²) in [4.78, 5) is 0.